The maximum absolute atomic E-state index is 13.0. The molecule has 1 aliphatic heterocycles. The molecule has 0 saturated carbocycles. The first-order valence-electron chi connectivity index (χ1n) is 7.55. The SMILES string of the molecule is OC(CN1CCOC(c2ccc(F)cc2)C1)c1ccccc1. The molecule has 2 unspecified atom stereocenters. The molecule has 116 valence electrons. The minimum absolute atomic E-state index is 0.0719. The summed E-state index contributed by atoms with van der Waals surface area (Å²) in [6.45, 7) is 2.69. The lowest BCUT2D eigenvalue weighted by atomic mass is 10.1. The van der Waals surface area contributed by atoms with Crippen molar-refractivity contribution in [3.63, 3.8) is 0 Å². The van der Waals surface area contributed by atoms with E-state index in [1.165, 1.54) is 12.1 Å². The van der Waals surface area contributed by atoms with E-state index < -0.39 is 6.10 Å². The van der Waals surface area contributed by atoms with Gasteiger partial charge in [0.2, 0.25) is 0 Å². The predicted molar refractivity (Wildman–Crippen MR) is 82.9 cm³/mol. The van der Waals surface area contributed by atoms with Crippen LogP contribution in [0, 0.1) is 5.82 Å². The third-order valence-corrected chi connectivity index (χ3v) is 4.01. The Bertz CT molecular complexity index is 588. The van der Waals surface area contributed by atoms with E-state index in [1.54, 1.807) is 12.1 Å². The third kappa shape index (κ3) is 3.71. The summed E-state index contributed by atoms with van der Waals surface area (Å²) in [5.41, 5.74) is 1.90. The molecular weight excluding hydrogens is 281 g/mol. The van der Waals surface area contributed by atoms with E-state index in [0.717, 1.165) is 17.7 Å². The lowest BCUT2D eigenvalue weighted by Gasteiger charge is -2.34. The maximum atomic E-state index is 13.0. The lowest BCUT2D eigenvalue weighted by molar-refractivity contribution is -0.0424. The van der Waals surface area contributed by atoms with Crippen molar-refractivity contribution in [1.82, 2.24) is 4.90 Å². The molecule has 2 aromatic rings. The smallest absolute Gasteiger partial charge is 0.123 e. The van der Waals surface area contributed by atoms with Crippen molar-refractivity contribution < 1.29 is 14.2 Å². The molecule has 1 fully saturated rings. The van der Waals surface area contributed by atoms with Gasteiger partial charge in [0, 0.05) is 19.6 Å². The van der Waals surface area contributed by atoms with Crippen molar-refractivity contribution in [3.8, 4) is 0 Å². The standard InChI is InChI=1S/C18H20FNO2/c19-16-8-6-15(7-9-16)18-13-20(10-11-22-18)12-17(21)14-4-2-1-3-5-14/h1-9,17-18,21H,10-13H2. The van der Waals surface area contributed by atoms with E-state index in [1.807, 2.05) is 30.3 Å². The highest BCUT2D eigenvalue weighted by atomic mass is 19.1. The molecule has 0 aromatic heterocycles. The Morgan fingerprint density at radius 3 is 2.59 bits per heavy atom. The van der Waals surface area contributed by atoms with Crippen LogP contribution in [0.2, 0.25) is 0 Å². The quantitative estimate of drug-likeness (QED) is 0.942. The first-order valence-corrected chi connectivity index (χ1v) is 7.55. The van der Waals surface area contributed by atoms with E-state index in [-0.39, 0.29) is 11.9 Å². The van der Waals surface area contributed by atoms with Crippen LogP contribution in [0.5, 0.6) is 0 Å². The number of β-amino-alcohol motifs (C(OH)–C–C–N with tert-alkyl or cyclic N) is 1. The summed E-state index contributed by atoms with van der Waals surface area (Å²) in [6.07, 6.45) is -0.578. The number of aliphatic hydroxyl groups excluding tert-OH is 1. The summed E-state index contributed by atoms with van der Waals surface area (Å²) < 4.78 is 18.8. The molecule has 1 aliphatic rings. The molecule has 4 heteroatoms. The highest BCUT2D eigenvalue weighted by Gasteiger charge is 2.23. The van der Waals surface area contributed by atoms with Gasteiger partial charge in [-0.2, -0.15) is 0 Å². The van der Waals surface area contributed by atoms with E-state index >= 15 is 0 Å². The van der Waals surface area contributed by atoms with Crippen molar-refractivity contribution in [2.45, 2.75) is 12.2 Å². The minimum Gasteiger partial charge on any atom is -0.387 e. The minimum atomic E-state index is -0.506. The molecule has 0 radical (unpaired) electrons. The van der Waals surface area contributed by atoms with E-state index in [9.17, 15) is 9.50 Å². The summed E-state index contributed by atoms with van der Waals surface area (Å²) in [6, 6.07) is 16.1. The van der Waals surface area contributed by atoms with Crippen LogP contribution in [0.3, 0.4) is 0 Å². The summed E-state index contributed by atoms with van der Waals surface area (Å²) in [5, 5.41) is 10.3. The molecule has 0 amide bonds. The number of halogens is 1. The van der Waals surface area contributed by atoms with Gasteiger partial charge in [0.25, 0.3) is 0 Å². The average Bonchev–Trinajstić information content (AvgIpc) is 2.56. The highest BCUT2D eigenvalue weighted by Crippen LogP contribution is 2.24. The normalized spacial score (nSPS) is 20.7. The fraction of sp³-hybridized carbons (Fsp3) is 0.333. The van der Waals surface area contributed by atoms with Crippen LogP contribution < -0.4 is 0 Å². The monoisotopic (exact) mass is 301 g/mol. The molecule has 2 aromatic carbocycles. The van der Waals surface area contributed by atoms with Crippen LogP contribution in [0.25, 0.3) is 0 Å². The first-order chi connectivity index (χ1) is 10.7. The number of hydrogen-bond acceptors (Lipinski definition) is 3. The van der Waals surface area contributed by atoms with Gasteiger partial charge < -0.3 is 9.84 Å². The van der Waals surface area contributed by atoms with Gasteiger partial charge in [-0.25, -0.2) is 4.39 Å². The van der Waals surface area contributed by atoms with Crippen LogP contribution in [-0.4, -0.2) is 36.2 Å². The fourth-order valence-corrected chi connectivity index (χ4v) is 2.77. The maximum Gasteiger partial charge on any atom is 0.123 e. The van der Waals surface area contributed by atoms with Gasteiger partial charge in [0.15, 0.2) is 0 Å². The number of ether oxygens (including phenoxy) is 1. The third-order valence-electron chi connectivity index (χ3n) is 4.01. The summed E-state index contributed by atoms with van der Waals surface area (Å²) >= 11 is 0. The van der Waals surface area contributed by atoms with Crippen molar-refractivity contribution >= 4 is 0 Å². The fourth-order valence-electron chi connectivity index (χ4n) is 2.77. The summed E-state index contributed by atoms with van der Waals surface area (Å²) in [7, 11) is 0. The van der Waals surface area contributed by atoms with Gasteiger partial charge in [0.1, 0.15) is 5.82 Å². The predicted octanol–water partition coefficient (Wildman–Crippen LogP) is 2.93. The van der Waals surface area contributed by atoms with E-state index in [0.29, 0.717) is 19.7 Å². The Morgan fingerprint density at radius 2 is 1.86 bits per heavy atom. The molecular formula is C18H20FNO2. The lowest BCUT2D eigenvalue weighted by Crippen LogP contribution is -2.40. The Morgan fingerprint density at radius 1 is 1.14 bits per heavy atom. The second-order valence-electron chi connectivity index (χ2n) is 5.60. The van der Waals surface area contributed by atoms with E-state index in [4.69, 9.17) is 4.74 Å². The zero-order valence-electron chi connectivity index (χ0n) is 12.4. The van der Waals surface area contributed by atoms with Crippen molar-refractivity contribution in [2.24, 2.45) is 0 Å². The first kappa shape index (κ1) is 15.2. The van der Waals surface area contributed by atoms with Gasteiger partial charge in [0.05, 0.1) is 18.8 Å². The summed E-state index contributed by atoms with van der Waals surface area (Å²) in [4.78, 5) is 2.19. The second kappa shape index (κ2) is 7.01. The number of morpholine rings is 1. The van der Waals surface area contributed by atoms with Gasteiger partial charge in [-0.3, -0.25) is 4.90 Å². The van der Waals surface area contributed by atoms with Crippen molar-refractivity contribution in [3.05, 3.63) is 71.5 Å². The average molecular weight is 301 g/mol. The zero-order chi connectivity index (χ0) is 15.4. The number of nitrogens with zero attached hydrogens (tertiary/aromatic N) is 1. The van der Waals surface area contributed by atoms with Gasteiger partial charge in [-0.05, 0) is 23.3 Å². The van der Waals surface area contributed by atoms with Crippen LogP contribution in [0.15, 0.2) is 54.6 Å². The molecule has 1 N–H and O–H groups in total. The highest BCUT2D eigenvalue weighted by molar-refractivity contribution is 5.20. The molecule has 1 saturated heterocycles. The van der Waals surface area contributed by atoms with Crippen LogP contribution in [-0.2, 0) is 4.74 Å². The molecule has 3 rings (SSSR count). The Hall–Kier alpha value is -1.75. The van der Waals surface area contributed by atoms with E-state index in [2.05, 4.69) is 4.90 Å². The largest absolute Gasteiger partial charge is 0.387 e. The number of hydrogen-bond donors (Lipinski definition) is 1. The number of aliphatic hydroxyl groups is 1. The summed E-state index contributed by atoms with van der Waals surface area (Å²) in [5.74, 6) is -0.240. The van der Waals surface area contributed by atoms with Crippen molar-refractivity contribution in [1.29, 1.82) is 0 Å². The number of benzene rings is 2. The van der Waals surface area contributed by atoms with Gasteiger partial charge in [-0.15, -0.1) is 0 Å². The van der Waals surface area contributed by atoms with Crippen LogP contribution in [0.1, 0.15) is 23.3 Å². The second-order valence-corrected chi connectivity index (χ2v) is 5.60. The van der Waals surface area contributed by atoms with Gasteiger partial charge in [-0.1, -0.05) is 42.5 Å². The van der Waals surface area contributed by atoms with Gasteiger partial charge >= 0.3 is 0 Å². The Labute approximate surface area is 130 Å². The molecule has 0 bridgehead atoms. The molecule has 22 heavy (non-hydrogen) atoms. The van der Waals surface area contributed by atoms with Crippen molar-refractivity contribution in [2.75, 3.05) is 26.2 Å². The molecule has 2 atom stereocenters. The molecule has 1 heterocycles. The molecule has 3 nitrogen and oxygen atoms in total. The molecule has 0 aliphatic carbocycles. The topological polar surface area (TPSA) is 32.7 Å². The van der Waals surface area contributed by atoms with Crippen LogP contribution in [0.4, 0.5) is 4.39 Å². The van der Waals surface area contributed by atoms with Crippen LogP contribution >= 0.6 is 0 Å². The molecule has 0 spiro atoms. The number of rotatable bonds is 4. The zero-order valence-corrected chi connectivity index (χ0v) is 12.4. The Balaban J connectivity index is 1.62. The Kier molecular flexibility index (Phi) is 4.83.